The van der Waals surface area contributed by atoms with Crippen molar-refractivity contribution in [3.63, 3.8) is 0 Å². The van der Waals surface area contributed by atoms with Crippen LogP contribution in [0.3, 0.4) is 0 Å². The molecule has 0 aromatic rings. The van der Waals surface area contributed by atoms with Gasteiger partial charge in [-0.3, -0.25) is 14.4 Å². The average Bonchev–Trinajstić information content (AvgIpc) is 3.37. The van der Waals surface area contributed by atoms with E-state index in [0.717, 1.165) is 64.2 Å². The van der Waals surface area contributed by atoms with Crippen LogP contribution >= 0.6 is 0 Å². The minimum absolute atomic E-state index is 0.0943. The largest absolute Gasteiger partial charge is 0.462 e. The van der Waals surface area contributed by atoms with Gasteiger partial charge in [0, 0.05) is 19.3 Å². The highest BCUT2D eigenvalue weighted by Crippen LogP contribution is 2.17. The van der Waals surface area contributed by atoms with Gasteiger partial charge in [-0.25, -0.2) is 0 Å². The van der Waals surface area contributed by atoms with Crippen LogP contribution in [0.1, 0.15) is 316 Å². The van der Waals surface area contributed by atoms with E-state index in [0.29, 0.717) is 19.3 Å². The summed E-state index contributed by atoms with van der Waals surface area (Å²) in [5.41, 5.74) is 0. The predicted molar refractivity (Wildman–Crippen MR) is 307 cm³/mol. The van der Waals surface area contributed by atoms with Crippen LogP contribution in [0.2, 0.25) is 0 Å². The van der Waals surface area contributed by atoms with Crippen LogP contribution < -0.4 is 0 Å². The van der Waals surface area contributed by atoms with Gasteiger partial charge in [0.25, 0.3) is 0 Å². The zero-order valence-electron chi connectivity index (χ0n) is 47.2. The van der Waals surface area contributed by atoms with E-state index < -0.39 is 6.10 Å². The summed E-state index contributed by atoms with van der Waals surface area (Å²) in [5.74, 6) is -0.965. The number of hydrogen-bond donors (Lipinski definition) is 0. The number of hydrogen-bond acceptors (Lipinski definition) is 6. The lowest BCUT2D eigenvalue weighted by Gasteiger charge is -2.18. The van der Waals surface area contributed by atoms with Crippen molar-refractivity contribution in [2.45, 2.75) is 322 Å². The molecule has 0 aliphatic carbocycles. The van der Waals surface area contributed by atoms with Crippen molar-refractivity contribution in [1.29, 1.82) is 0 Å². The highest BCUT2D eigenvalue weighted by Gasteiger charge is 2.19. The average molecular weight is 994 g/mol. The van der Waals surface area contributed by atoms with Gasteiger partial charge in [0.1, 0.15) is 13.2 Å². The summed E-state index contributed by atoms with van der Waals surface area (Å²) in [4.78, 5) is 38.2. The number of esters is 3. The normalized spacial score (nSPS) is 12.4. The molecule has 0 aromatic heterocycles. The van der Waals surface area contributed by atoms with Gasteiger partial charge in [0.2, 0.25) is 0 Å². The molecule has 0 aromatic carbocycles. The number of rotatable bonds is 56. The molecule has 1 unspecified atom stereocenters. The van der Waals surface area contributed by atoms with Gasteiger partial charge >= 0.3 is 17.9 Å². The lowest BCUT2D eigenvalue weighted by molar-refractivity contribution is -0.166. The van der Waals surface area contributed by atoms with Crippen molar-refractivity contribution in [3.05, 3.63) is 60.8 Å². The second-order valence-electron chi connectivity index (χ2n) is 20.6. The number of carbonyl (C=O) groups excluding carboxylic acids is 3. The molecule has 71 heavy (non-hydrogen) atoms. The molecule has 6 heteroatoms. The van der Waals surface area contributed by atoms with Crippen LogP contribution in [0, 0.1) is 0 Å². The van der Waals surface area contributed by atoms with Gasteiger partial charge < -0.3 is 14.2 Å². The van der Waals surface area contributed by atoms with Crippen molar-refractivity contribution < 1.29 is 28.6 Å². The monoisotopic (exact) mass is 993 g/mol. The molecule has 412 valence electrons. The van der Waals surface area contributed by atoms with Crippen LogP contribution in [-0.4, -0.2) is 37.2 Å². The zero-order chi connectivity index (χ0) is 51.4. The maximum Gasteiger partial charge on any atom is 0.306 e. The van der Waals surface area contributed by atoms with Crippen molar-refractivity contribution >= 4 is 17.9 Å². The number of allylic oxidation sites excluding steroid dienone is 10. The Labute approximate surface area is 440 Å². The Kier molecular flexibility index (Phi) is 57.2. The Balaban J connectivity index is 4.35. The van der Waals surface area contributed by atoms with Gasteiger partial charge in [-0.15, -0.1) is 0 Å². The fourth-order valence-corrected chi connectivity index (χ4v) is 8.92. The van der Waals surface area contributed by atoms with Crippen molar-refractivity contribution in [3.8, 4) is 0 Å². The topological polar surface area (TPSA) is 78.9 Å². The number of ether oxygens (including phenoxy) is 3. The van der Waals surface area contributed by atoms with E-state index in [2.05, 4.69) is 75.5 Å². The molecule has 0 radical (unpaired) electrons. The molecule has 0 aliphatic rings. The summed E-state index contributed by atoms with van der Waals surface area (Å²) in [6.45, 7) is 6.50. The fraction of sp³-hybridized carbons (Fsp3) is 0.800. The summed E-state index contributed by atoms with van der Waals surface area (Å²) in [5, 5.41) is 0. The third-order valence-electron chi connectivity index (χ3n) is 13.5. The van der Waals surface area contributed by atoms with E-state index in [-0.39, 0.29) is 37.5 Å². The molecule has 6 nitrogen and oxygen atoms in total. The minimum atomic E-state index is -0.802. The first-order valence-corrected chi connectivity index (χ1v) is 30.8. The maximum atomic E-state index is 12.9. The summed E-state index contributed by atoms with van der Waals surface area (Å²) in [6, 6.07) is 0. The highest BCUT2D eigenvalue weighted by molar-refractivity contribution is 5.71. The second-order valence-corrected chi connectivity index (χ2v) is 20.6. The molecular weight excluding hydrogens is 877 g/mol. The molecule has 0 N–H and O–H groups in total. The van der Waals surface area contributed by atoms with E-state index in [1.165, 1.54) is 205 Å². The summed E-state index contributed by atoms with van der Waals surface area (Å²) in [6.07, 6.45) is 75.3. The third-order valence-corrected chi connectivity index (χ3v) is 13.5. The van der Waals surface area contributed by atoms with Crippen LogP contribution in [-0.2, 0) is 28.6 Å². The zero-order valence-corrected chi connectivity index (χ0v) is 47.2. The number of carbonyl (C=O) groups is 3. The lowest BCUT2D eigenvalue weighted by Crippen LogP contribution is -2.30. The number of unbranched alkanes of at least 4 members (excludes halogenated alkanes) is 35. The Hall–Kier alpha value is -2.89. The van der Waals surface area contributed by atoms with E-state index in [1.54, 1.807) is 0 Å². The van der Waals surface area contributed by atoms with Crippen LogP contribution in [0.4, 0.5) is 0 Å². The Morgan fingerprint density at radius 3 is 0.944 bits per heavy atom. The van der Waals surface area contributed by atoms with Crippen molar-refractivity contribution in [2.75, 3.05) is 13.2 Å². The lowest BCUT2D eigenvalue weighted by atomic mass is 10.0. The SMILES string of the molecule is CC/C=C\C/C=C\C/C=C\C/C=C\CCC(=O)OCC(COC(=O)CCCCCCCCCCC/C=C\CCCCCCCCCC)OC(=O)CCCCCCCCCCCCCCCCCCCCC. The molecule has 0 saturated heterocycles. The van der Waals surface area contributed by atoms with Gasteiger partial charge in [0.05, 0.1) is 0 Å². The van der Waals surface area contributed by atoms with E-state index in [9.17, 15) is 14.4 Å². The molecule has 0 bridgehead atoms. The molecule has 0 spiro atoms. The standard InChI is InChI=1S/C65H116O6/c1-4-7-10-13-16-19-22-25-27-29-31-32-34-35-37-40-43-46-49-52-55-58-64(67)70-61-62(60-69-63(66)57-54-51-48-45-42-39-24-21-18-15-12-9-6-3)71-65(68)59-56-53-50-47-44-41-38-36-33-30-28-26-23-20-17-14-11-8-5-2/h9,12,18,21,29,31,39,42,48,51,62H,4-8,10-11,13-17,19-20,22-28,30,32-38,40-41,43-47,49-50,52-61H2,1-3H3/b12-9-,21-18-,31-29-,42-39-,51-48-. The van der Waals surface area contributed by atoms with Gasteiger partial charge in [-0.1, -0.05) is 287 Å². The molecule has 0 aliphatic heterocycles. The summed E-state index contributed by atoms with van der Waals surface area (Å²) in [7, 11) is 0. The Morgan fingerprint density at radius 1 is 0.296 bits per heavy atom. The third kappa shape index (κ3) is 57.9. The first-order valence-electron chi connectivity index (χ1n) is 30.8. The first kappa shape index (κ1) is 68.1. The molecule has 0 amide bonds. The predicted octanol–water partition coefficient (Wildman–Crippen LogP) is 20.8. The second kappa shape index (κ2) is 59.7. The van der Waals surface area contributed by atoms with E-state index >= 15 is 0 Å². The molecule has 0 rings (SSSR count). The quantitative estimate of drug-likeness (QED) is 0.0261. The molecule has 0 saturated carbocycles. The highest BCUT2D eigenvalue weighted by atomic mass is 16.6. The van der Waals surface area contributed by atoms with Crippen LogP contribution in [0.15, 0.2) is 60.8 Å². The minimum Gasteiger partial charge on any atom is -0.462 e. The molecular formula is C65H116O6. The molecule has 0 fully saturated rings. The van der Waals surface area contributed by atoms with Crippen LogP contribution in [0.25, 0.3) is 0 Å². The Morgan fingerprint density at radius 2 is 0.577 bits per heavy atom. The van der Waals surface area contributed by atoms with E-state index in [1.807, 2.05) is 6.08 Å². The first-order chi connectivity index (χ1) is 35.0. The van der Waals surface area contributed by atoms with E-state index in [4.69, 9.17) is 14.2 Å². The fourth-order valence-electron chi connectivity index (χ4n) is 8.92. The molecule has 0 heterocycles. The maximum absolute atomic E-state index is 12.9. The van der Waals surface area contributed by atoms with Crippen molar-refractivity contribution in [2.24, 2.45) is 0 Å². The van der Waals surface area contributed by atoms with Gasteiger partial charge in [0.15, 0.2) is 6.10 Å². The van der Waals surface area contributed by atoms with Gasteiger partial charge in [-0.2, -0.15) is 0 Å². The summed E-state index contributed by atoms with van der Waals surface area (Å²) >= 11 is 0. The van der Waals surface area contributed by atoms with Crippen LogP contribution in [0.5, 0.6) is 0 Å². The van der Waals surface area contributed by atoms with Gasteiger partial charge in [-0.05, 0) is 70.6 Å². The molecule has 1 atom stereocenters. The summed E-state index contributed by atoms with van der Waals surface area (Å²) < 4.78 is 16.8. The van der Waals surface area contributed by atoms with Crippen molar-refractivity contribution in [1.82, 2.24) is 0 Å². The smallest absolute Gasteiger partial charge is 0.306 e. The Bertz CT molecular complexity index is 1280.